The lowest BCUT2D eigenvalue weighted by Gasteiger charge is -2.27. The molecule has 7 nitrogen and oxygen atoms in total. The number of Topliss-reactive ketones (excluding diaryl/α,β-unsaturated/α-hetero) is 1. The van der Waals surface area contributed by atoms with Crippen LogP contribution in [0.25, 0.3) is 0 Å². The molecule has 1 amide bonds. The van der Waals surface area contributed by atoms with Crippen molar-refractivity contribution in [3.05, 3.63) is 89.0 Å². The smallest absolute Gasteiger partial charge is 0.277 e. The number of para-hydroxylation sites is 1. The molecule has 2 heterocycles. The summed E-state index contributed by atoms with van der Waals surface area (Å²) in [6.07, 6.45) is 0. The number of carbonyl (C=O) groups is 2. The predicted molar refractivity (Wildman–Crippen MR) is 123 cm³/mol. The molecule has 7 heteroatoms. The number of nitrogens with one attached hydrogen (secondary N) is 1. The first kappa shape index (κ1) is 20.8. The summed E-state index contributed by atoms with van der Waals surface area (Å²) in [6.45, 7) is 1.98. The van der Waals surface area contributed by atoms with Gasteiger partial charge in [0.05, 0.1) is 14.2 Å². The first-order valence-electron chi connectivity index (χ1n) is 10.5. The molecule has 166 valence electrons. The molecule has 0 fully saturated rings. The topological polar surface area (TPSA) is 86.2 Å². The third-order valence-electron chi connectivity index (χ3n) is 6.16. The van der Waals surface area contributed by atoms with E-state index >= 15 is 0 Å². The maximum absolute atomic E-state index is 14.0. The molecular formula is C26H22N2O5. The highest BCUT2D eigenvalue weighted by atomic mass is 16.7. The first-order chi connectivity index (χ1) is 16.0. The SMILES string of the molecule is COc1ccc(C(=O)[C@@H]2C(c3ccc(C)cc3)=NO[C@@]23C(=O)Nc2ccccc23)cc1OC. The van der Waals surface area contributed by atoms with Crippen LogP contribution < -0.4 is 14.8 Å². The number of oxime groups is 1. The minimum absolute atomic E-state index is 0.306. The Morgan fingerprint density at radius 1 is 1.00 bits per heavy atom. The molecule has 2 atom stereocenters. The van der Waals surface area contributed by atoms with Gasteiger partial charge in [0.25, 0.3) is 11.5 Å². The van der Waals surface area contributed by atoms with Gasteiger partial charge in [0, 0.05) is 22.4 Å². The van der Waals surface area contributed by atoms with E-state index in [-0.39, 0.29) is 5.78 Å². The van der Waals surface area contributed by atoms with E-state index in [9.17, 15) is 9.59 Å². The number of anilines is 1. The van der Waals surface area contributed by atoms with Crippen LogP contribution in [0.3, 0.4) is 0 Å². The number of benzene rings is 3. The van der Waals surface area contributed by atoms with Crippen LogP contribution in [0.2, 0.25) is 0 Å². The van der Waals surface area contributed by atoms with E-state index in [1.165, 1.54) is 14.2 Å². The highest BCUT2D eigenvalue weighted by Crippen LogP contribution is 2.50. The molecule has 1 spiro atoms. The molecule has 0 unspecified atom stereocenters. The summed E-state index contributed by atoms with van der Waals surface area (Å²) in [7, 11) is 3.03. The van der Waals surface area contributed by atoms with Crippen molar-refractivity contribution in [1.29, 1.82) is 0 Å². The van der Waals surface area contributed by atoms with Crippen LogP contribution in [-0.2, 0) is 15.2 Å². The summed E-state index contributed by atoms with van der Waals surface area (Å²) in [5.41, 5.74) is 2.14. The number of ether oxygens (including phenoxy) is 2. The Morgan fingerprint density at radius 2 is 1.73 bits per heavy atom. The minimum atomic E-state index is -1.60. The van der Waals surface area contributed by atoms with Gasteiger partial charge in [-0.05, 0) is 31.2 Å². The van der Waals surface area contributed by atoms with Crippen LogP contribution in [0.5, 0.6) is 11.5 Å². The number of hydrogen-bond acceptors (Lipinski definition) is 6. The maximum Gasteiger partial charge on any atom is 0.277 e. The van der Waals surface area contributed by atoms with Crippen LogP contribution in [0.1, 0.15) is 27.0 Å². The first-order valence-corrected chi connectivity index (χ1v) is 10.5. The van der Waals surface area contributed by atoms with Crippen molar-refractivity contribution >= 4 is 23.1 Å². The summed E-state index contributed by atoms with van der Waals surface area (Å²) in [5, 5.41) is 7.16. The monoisotopic (exact) mass is 442 g/mol. The van der Waals surface area contributed by atoms with E-state index in [0.717, 1.165) is 5.56 Å². The van der Waals surface area contributed by atoms with Gasteiger partial charge in [0.2, 0.25) is 0 Å². The van der Waals surface area contributed by atoms with Gasteiger partial charge in [-0.15, -0.1) is 0 Å². The van der Waals surface area contributed by atoms with Gasteiger partial charge in [-0.1, -0.05) is 53.2 Å². The van der Waals surface area contributed by atoms with Gasteiger partial charge < -0.3 is 19.6 Å². The molecule has 2 aliphatic heterocycles. The highest BCUT2D eigenvalue weighted by Gasteiger charge is 2.63. The van der Waals surface area contributed by atoms with Crippen LogP contribution in [0.4, 0.5) is 5.69 Å². The van der Waals surface area contributed by atoms with E-state index < -0.39 is 17.4 Å². The van der Waals surface area contributed by atoms with Gasteiger partial charge in [-0.2, -0.15) is 0 Å². The second-order valence-electron chi connectivity index (χ2n) is 8.04. The summed E-state index contributed by atoms with van der Waals surface area (Å²) < 4.78 is 10.7. The second-order valence-corrected chi connectivity index (χ2v) is 8.04. The number of rotatable bonds is 5. The predicted octanol–water partition coefficient (Wildman–Crippen LogP) is 4.09. The molecule has 3 aromatic carbocycles. The molecule has 0 aliphatic carbocycles. The quantitative estimate of drug-likeness (QED) is 0.602. The van der Waals surface area contributed by atoms with Crippen molar-refractivity contribution in [2.45, 2.75) is 12.5 Å². The summed E-state index contributed by atoms with van der Waals surface area (Å²) in [5.74, 6) is -0.806. The van der Waals surface area contributed by atoms with Crippen molar-refractivity contribution in [1.82, 2.24) is 0 Å². The molecule has 0 bridgehead atoms. The largest absolute Gasteiger partial charge is 0.493 e. The average Bonchev–Trinajstić information content (AvgIpc) is 3.37. The summed E-state index contributed by atoms with van der Waals surface area (Å²) in [4.78, 5) is 33.3. The van der Waals surface area contributed by atoms with Gasteiger partial charge in [0.1, 0.15) is 11.6 Å². The van der Waals surface area contributed by atoms with Gasteiger partial charge in [-0.25, -0.2) is 0 Å². The van der Waals surface area contributed by atoms with Crippen molar-refractivity contribution in [3.8, 4) is 11.5 Å². The zero-order valence-corrected chi connectivity index (χ0v) is 18.4. The zero-order chi connectivity index (χ0) is 23.2. The molecule has 0 saturated carbocycles. The van der Waals surface area contributed by atoms with Gasteiger partial charge in [-0.3, -0.25) is 9.59 Å². The Labute approximate surface area is 191 Å². The molecule has 1 N–H and O–H groups in total. The Bertz CT molecular complexity index is 1300. The summed E-state index contributed by atoms with van der Waals surface area (Å²) in [6, 6.07) is 19.8. The zero-order valence-electron chi connectivity index (χ0n) is 18.4. The standard InChI is InChI=1S/C26H22N2O5/c1-15-8-10-16(11-9-15)23-22(24(29)17-12-13-20(31-2)21(14-17)32-3)26(33-28-23)18-6-4-5-7-19(18)27-25(26)30/h4-14,22H,1-3H3,(H,27,30)/t22-,26+/m0/s1. The van der Waals surface area contributed by atoms with Crippen LogP contribution in [0, 0.1) is 12.8 Å². The van der Waals surface area contributed by atoms with E-state index in [2.05, 4.69) is 10.5 Å². The number of nitrogens with zero attached hydrogens (tertiary/aromatic N) is 1. The fourth-order valence-electron chi connectivity index (χ4n) is 4.46. The van der Waals surface area contributed by atoms with Crippen LogP contribution in [0.15, 0.2) is 71.9 Å². The van der Waals surface area contributed by atoms with Gasteiger partial charge >= 0.3 is 0 Å². The van der Waals surface area contributed by atoms with Crippen molar-refractivity contribution < 1.29 is 23.9 Å². The molecule has 0 aromatic heterocycles. The number of hydrogen-bond donors (Lipinski definition) is 1. The number of methoxy groups -OCH3 is 2. The van der Waals surface area contributed by atoms with Gasteiger partial charge in [0.15, 0.2) is 17.3 Å². The third kappa shape index (κ3) is 3.08. The molecule has 33 heavy (non-hydrogen) atoms. The van der Waals surface area contributed by atoms with Crippen LogP contribution >= 0.6 is 0 Å². The second kappa shape index (κ2) is 7.78. The molecule has 5 rings (SSSR count). The third-order valence-corrected chi connectivity index (χ3v) is 6.16. The lowest BCUT2D eigenvalue weighted by Crippen LogP contribution is -2.46. The lowest BCUT2D eigenvalue weighted by molar-refractivity contribution is -0.140. The van der Waals surface area contributed by atoms with E-state index in [4.69, 9.17) is 14.3 Å². The molecule has 2 aliphatic rings. The summed E-state index contributed by atoms with van der Waals surface area (Å²) >= 11 is 0. The fourth-order valence-corrected chi connectivity index (χ4v) is 4.46. The molecule has 0 saturated heterocycles. The van der Waals surface area contributed by atoms with E-state index in [0.29, 0.717) is 39.6 Å². The number of amides is 1. The van der Waals surface area contributed by atoms with E-state index in [1.54, 1.807) is 30.3 Å². The number of carbonyl (C=O) groups excluding carboxylic acids is 2. The Morgan fingerprint density at radius 3 is 2.45 bits per heavy atom. The molecule has 0 radical (unpaired) electrons. The Balaban J connectivity index is 1.68. The van der Waals surface area contributed by atoms with Crippen molar-refractivity contribution in [2.24, 2.45) is 11.1 Å². The molecular weight excluding hydrogens is 420 g/mol. The highest BCUT2D eigenvalue weighted by molar-refractivity contribution is 6.24. The van der Waals surface area contributed by atoms with Crippen LogP contribution in [-0.4, -0.2) is 31.6 Å². The number of aryl methyl sites for hydroxylation is 1. The Kier molecular flexibility index (Phi) is 4.89. The Hall–Kier alpha value is -4.13. The average molecular weight is 442 g/mol. The van der Waals surface area contributed by atoms with Crippen molar-refractivity contribution in [3.63, 3.8) is 0 Å². The maximum atomic E-state index is 14.0. The van der Waals surface area contributed by atoms with Crippen molar-refractivity contribution in [2.75, 3.05) is 19.5 Å². The normalized spacial score (nSPS) is 20.6. The molecule has 3 aromatic rings. The van der Waals surface area contributed by atoms with E-state index in [1.807, 2.05) is 43.3 Å². The number of fused-ring (bicyclic) bond motifs is 2. The number of ketones is 1. The minimum Gasteiger partial charge on any atom is -0.493 e. The lowest BCUT2D eigenvalue weighted by atomic mass is 9.74. The fraction of sp³-hybridized carbons (Fsp3) is 0.192.